The summed E-state index contributed by atoms with van der Waals surface area (Å²) in [4.78, 5) is 13.2. The number of para-hydroxylation sites is 2. The number of aromatic nitrogens is 2. The molecule has 19 heavy (non-hydrogen) atoms. The van der Waals surface area contributed by atoms with Crippen molar-refractivity contribution in [3.63, 3.8) is 0 Å². The number of imidazole rings is 1. The van der Waals surface area contributed by atoms with Gasteiger partial charge in [-0.3, -0.25) is 4.90 Å². The van der Waals surface area contributed by atoms with Crippen LogP contribution in [-0.2, 0) is 0 Å². The normalized spacial score (nSPS) is 19.9. The molecule has 1 unspecified atom stereocenters. The number of hydrogen-bond acceptors (Lipinski definition) is 3. The minimum Gasteiger partial charge on any atom is -0.341 e. The van der Waals surface area contributed by atoms with E-state index in [4.69, 9.17) is 4.98 Å². The zero-order valence-electron chi connectivity index (χ0n) is 11.8. The van der Waals surface area contributed by atoms with Gasteiger partial charge in [-0.2, -0.15) is 0 Å². The third kappa shape index (κ3) is 2.51. The van der Waals surface area contributed by atoms with Gasteiger partial charge in [0.2, 0.25) is 0 Å². The summed E-state index contributed by atoms with van der Waals surface area (Å²) < 4.78 is 0. The highest BCUT2D eigenvalue weighted by molar-refractivity contribution is 5.74. The molecule has 0 radical (unpaired) electrons. The molecular weight excluding hydrogens is 236 g/mol. The minimum absolute atomic E-state index is 0.418. The number of fused-ring (bicyclic) bond motifs is 1. The molecule has 0 bridgehead atoms. The van der Waals surface area contributed by atoms with Crippen LogP contribution in [0.5, 0.6) is 0 Å². The van der Waals surface area contributed by atoms with Crippen molar-refractivity contribution in [1.82, 2.24) is 19.8 Å². The maximum absolute atomic E-state index is 4.77. The number of nitrogens with zero attached hydrogens (tertiary/aromatic N) is 3. The lowest BCUT2D eigenvalue weighted by molar-refractivity contribution is 0.105. The van der Waals surface area contributed by atoms with Crippen molar-refractivity contribution in [2.24, 2.45) is 0 Å². The second-order valence-electron chi connectivity index (χ2n) is 5.40. The van der Waals surface area contributed by atoms with E-state index in [-0.39, 0.29) is 0 Å². The van der Waals surface area contributed by atoms with E-state index in [1.165, 1.54) is 0 Å². The van der Waals surface area contributed by atoms with E-state index < -0.39 is 0 Å². The molecule has 1 aliphatic rings. The molecule has 0 spiro atoms. The first kappa shape index (κ1) is 12.6. The van der Waals surface area contributed by atoms with Crippen LogP contribution >= 0.6 is 0 Å². The largest absolute Gasteiger partial charge is 0.341 e. The molecule has 102 valence electrons. The molecular formula is C15H22N4. The maximum atomic E-state index is 4.77. The number of nitrogens with one attached hydrogen (secondary N) is 1. The van der Waals surface area contributed by atoms with Crippen molar-refractivity contribution < 1.29 is 0 Å². The fourth-order valence-corrected chi connectivity index (χ4v) is 2.89. The molecule has 1 N–H and O–H groups in total. The summed E-state index contributed by atoms with van der Waals surface area (Å²) in [5, 5.41) is 0. The molecule has 0 amide bonds. The molecule has 4 heteroatoms. The molecule has 4 nitrogen and oxygen atoms in total. The zero-order valence-corrected chi connectivity index (χ0v) is 11.8. The maximum Gasteiger partial charge on any atom is 0.124 e. The van der Waals surface area contributed by atoms with Gasteiger partial charge in [0.05, 0.1) is 17.1 Å². The third-order valence-corrected chi connectivity index (χ3v) is 4.09. The predicted molar refractivity (Wildman–Crippen MR) is 78.2 cm³/mol. The monoisotopic (exact) mass is 258 g/mol. The van der Waals surface area contributed by atoms with E-state index in [0.717, 1.165) is 49.5 Å². The summed E-state index contributed by atoms with van der Waals surface area (Å²) >= 11 is 0. The van der Waals surface area contributed by atoms with Crippen LogP contribution in [0.2, 0.25) is 0 Å². The van der Waals surface area contributed by atoms with Gasteiger partial charge in [0.15, 0.2) is 0 Å². The van der Waals surface area contributed by atoms with Gasteiger partial charge < -0.3 is 9.88 Å². The van der Waals surface area contributed by atoms with Crippen LogP contribution in [0.1, 0.15) is 25.2 Å². The third-order valence-electron chi connectivity index (χ3n) is 4.09. The summed E-state index contributed by atoms with van der Waals surface area (Å²) in [7, 11) is 2.19. The number of piperazine rings is 1. The first-order valence-corrected chi connectivity index (χ1v) is 7.15. The molecule has 0 aliphatic carbocycles. The SMILES string of the molecule is CCC(c1nc2ccccc2[nH]1)N1CCN(C)CC1. The molecule has 1 fully saturated rings. The highest BCUT2D eigenvalue weighted by Crippen LogP contribution is 2.25. The van der Waals surface area contributed by atoms with Crippen LogP contribution < -0.4 is 0 Å². The highest BCUT2D eigenvalue weighted by Gasteiger charge is 2.24. The Morgan fingerprint density at radius 3 is 2.63 bits per heavy atom. The van der Waals surface area contributed by atoms with E-state index in [9.17, 15) is 0 Å². The summed E-state index contributed by atoms with van der Waals surface area (Å²) in [5.74, 6) is 1.12. The summed E-state index contributed by atoms with van der Waals surface area (Å²) in [6.07, 6.45) is 1.10. The lowest BCUT2D eigenvalue weighted by atomic mass is 10.1. The van der Waals surface area contributed by atoms with Gasteiger partial charge in [0, 0.05) is 26.2 Å². The van der Waals surface area contributed by atoms with Gasteiger partial charge in [-0.25, -0.2) is 4.98 Å². The Morgan fingerprint density at radius 2 is 1.95 bits per heavy atom. The second kappa shape index (κ2) is 5.31. The van der Waals surface area contributed by atoms with Crippen LogP contribution in [0.15, 0.2) is 24.3 Å². The first-order chi connectivity index (χ1) is 9.28. The van der Waals surface area contributed by atoms with Crippen LogP contribution in [-0.4, -0.2) is 53.0 Å². The lowest BCUT2D eigenvalue weighted by Gasteiger charge is -2.36. The molecule has 1 aromatic heterocycles. The topological polar surface area (TPSA) is 35.2 Å². The van der Waals surface area contributed by atoms with Crippen LogP contribution in [0, 0.1) is 0 Å². The summed E-state index contributed by atoms with van der Waals surface area (Å²) in [5.41, 5.74) is 2.22. The van der Waals surface area contributed by atoms with E-state index >= 15 is 0 Å². The van der Waals surface area contributed by atoms with Crippen molar-refractivity contribution in [2.75, 3.05) is 33.2 Å². The van der Waals surface area contributed by atoms with E-state index in [1.807, 2.05) is 6.07 Å². The van der Waals surface area contributed by atoms with Crippen molar-refractivity contribution >= 4 is 11.0 Å². The lowest BCUT2D eigenvalue weighted by Crippen LogP contribution is -2.46. The number of aromatic amines is 1. The van der Waals surface area contributed by atoms with Crippen molar-refractivity contribution in [1.29, 1.82) is 0 Å². The quantitative estimate of drug-likeness (QED) is 0.917. The Balaban J connectivity index is 1.85. The number of hydrogen-bond donors (Lipinski definition) is 1. The molecule has 1 atom stereocenters. The van der Waals surface area contributed by atoms with E-state index in [0.29, 0.717) is 6.04 Å². The van der Waals surface area contributed by atoms with Crippen molar-refractivity contribution in [3.8, 4) is 0 Å². The van der Waals surface area contributed by atoms with E-state index in [2.05, 4.69) is 47.0 Å². The van der Waals surface area contributed by atoms with Crippen molar-refractivity contribution in [2.45, 2.75) is 19.4 Å². The first-order valence-electron chi connectivity index (χ1n) is 7.15. The summed E-state index contributed by atoms with van der Waals surface area (Å²) in [6, 6.07) is 8.69. The van der Waals surface area contributed by atoms with Gasteiger partial charge in [0.25, 0.3) is 0 Å². The van der Waals surface area contributed by atoms with Gasteiger partial charge in [-0.15, -0.1) is 0 Å². The second-order valence-corrected chi connectivity index (χ2v) is 5.40. The van der Waals surface area contributed by atoms with Gasteiger partial charge in [-0.05, 0) is 25.6 Å². The molecule has 2 aromatic rings. The Bertz CT molecular complexity index is 507. The Kier molecular flexibility index (Phi) is 3.53. The number of H-pyrrole nitrogens is 1. The molecule has 2 heterocycles. The van der Waals surface area contributed by atoms with Crippen LogP contribution in [0.3, 0.4) is 0 Å². The number of benzene rings is 1. The Hall–Kier alpha value is -1.39. The molecule has 1 saturated heterocycles. The fourth-order valence-electron chi connectivity index (χ4n) is 2.89. The number of rotatable bonds is 3. The molecule has 3 rings (SSSR count). The fraction of sp³-hybridized carbons (Fsp3) is 0.533. The Morgan fingerprint density at radius 1 is 1.21 bits per heavy atom. The van der Waals surface area contributed by atoms with Gasteiger partial charge in [-0.1, -0.05) is 19.1 Å². The van der Waals surface area contributed by atoms with Gasteiger partial charge in [0.1, 0.15) is 5.82 Å². The summed E-state index contributed by atoms with van der Waals surface area (Å²) in [6.45, 7) is 6.81. The van der Waals surface area contributed by atoms with E-state index in [1.54, 1.807) is 0 Å². The smallest absolute Gasteiger partial charge is 0.124 e. The minimum atomic E-state index is 0.418. The van der Waals surface area contributed by atoms with Crippen molar-refractivity contribution in [3.05, 3.63) is 30.1 Å². The van der Waals surface area contributed by atoms with Crippen LogP contribution in [0.25, 0.3) is 11.0 Å². The van der Waals surface area contributed by atoms with Crippen LogP contribution in [0.4, 0.5) is 0 Å². The molecule has 1 aliphatic heterocycles. The number of likely N-dealkylation sites (N-methyl/N-ethyl adjacent to an activating group) is 1. The zero-order chi connectivity index (χ0) is 13.2. The average Bonchev–Trinajstić information content (AvgIpc) is 2.85. The highest BCUT2D eigenvalue weighted by atomic mass is 15.3. The van der Waals surface area contributed by atoms with Gasteiger partial charge >= 0.3 is 0 Å². The predicted octanol–water partition coefficient (Wildman–Crippen LogP) is 2.26. The average molecular weight is 258 g/mol. The Labute approximate surface area is 114 Å². The standard InChI is InChI=1S/C15H22N4/c1-3-14(19-10-8-18(2)9-11-19)15-16-12-6-4-5-7-13(12)17-15/h4-7,14H,3,8-11H2,1-2H3,(H,16,17). The molecule has 1 aromatic carbocycles. The molecule has 0 saturated carbocycles.